The Bertz CT molecular complexity index is 1380. The zero-order valence-corrected chi connectivity index (χ0v) is 21.0. The number of imidazole rings is 1. The van der Waals surface area contributed by atoms with Crippen molar-refractivity contribution in [3.8, 4) is 5.75 Å². The summed E-state index contributed by atoms with van der Waals surface area (Å²) < 4.78 is 36.4. The molecule has 2 aromatic heterocycles. The number of aromatic nitrogens is 4. The number of hydrogen-bond donors (Lipinski definition) is 5. The predicted molar refractivity (Wildman–Crippen MR) is 128 cm³/mol. The van der Waals surface area contributed by atoms with Crippen molar-refractivity contribution >= 4 is 30.8 Å². The highest BCUT2D eigenvalue weighted by atomic mass is 31.2. The number of H-pyrrole nitrogens is 1. The predicted octanol–water partition coefficient (Wildman–Crippen LogP) is 0.0659. The Kier molecular flexibility index (Phi) is 7.37. The van der Waals surface area contributed by atoms with E-state index in [-0.39, 0.29) is 22.9 Å². The second-order valence-corrected chi connectivity index (χ2v) is 10.2. The third-order valence-electron chi connectivity index (χ3n) is 5.74. The van der Waals surface area contributed by atoms with Crippen molar-refractivity contribution < 1.29 is 38.1 Å². The Hall–Kier alpha value is -3.33. The van der Waals surface area contributed by atoms with E-state index in [1.54, 1.807) is 18.2 Å². The average Bonchev–Trinajstić information content (AvgIpc) is 3.36. The number of benzene rings is 1. The van der Waals surface area contributed by atoms with Crippen LogP contribution in [0.25, 0.3) is 11.2 Å². The molecule has 1 aliphatic rings. The fraction of sp³-hybridized carbons (Fsp3) is 0.429. The molecule has 0 saturated carbocycles. The van der Waals surface area contributed by atoms with Crippen molar-refractivity contribution in [3.63, 3.8) is 0 Å². The van der Waals surface area contributed by atoms with Crippen LogP contribution in [-0.2, 0) is 23.4 Å². The second-order valence-electron chi connectivity index (χ2n) is 8.54. The molecule has 0 bridgehead atoms. The van der Waals surface area contributed by atoms with Crippen molar-refractivity contribution in [2.24, 2.45) is 0 Å². The molecule has 1 aliphatic heterocycles. The van der Waals surface area contributed by atoms with E-state index in [9.17, 15) is 24.4 Å². The molecule has 37 heavy (non-hydrogen) atoms. The first-order chi connectivity index (χ1) is 17.4. The Balaban J connectivity index is 1.57. The monoisotopic (exact) mass is 538 g/mol. The van der Waals surface area contributed by atoms with Gasteiger partial charge in [0, 0.05) is 0 Å². The minimum absolute atomic E-state index is 0.0203. The molecule has 6 N–H and O–H groups in total. The first-order valence-electron chi connectivity index (χ1n) is 11.1. The Morgan fingerprint density at radius 2 is 2.11 bits per heavy atom. The van der Waals surface area contributed by atoms with Crippen molar-refractivity contribution in [3.05, 3.63) is 47.0 Å². The fourth-order valence-corrected chi connectivity index (χ4v) is 5.34. The van der Waals surface area contributed by atoms with E-state index in [0.29, 0.717) is 0 Å². The van der Waals surface area contributed by atoms with Gasteiger partial charge in [0.1, 0.15) is 29.6 Å². The molecule has 6 atom stereocenters. The van der Waals surface area contributed by atoms with Crippen LogP contribution in [0.4, 0.5) is 5.95 Å². The van der Waals surface area contributed by atoms with Gasteiger partial charge in [-0.05, 0) is 26.0 Å². The van der Waals surface area contributed by atoms with E-state index in [2.05, 4.69) is 24.8 Å². The average molecular weight is 538 g/mol. The number of carbonyl (C=O) groups excluding carboxylic acids is 1. The molecule has 3 heterocycles. The van der Waals surface area contributed by atoms with Crippen LogP contribution in [0.15, 0.2) is 41.5 Å². The zero-order valence-electron chi connectivity index (χ0n) is 20.1. The minimum Gasteiger partial charge on any atom is -0.468 e. The molecule has 1 fully saturated rings. The molecule has 1 aromatic carbocycles. The number of aliphatic hydroxyl groups excluding tert-OH is 1. The van der Waals surface area contributed by atoms with Gasteiger partial charge in [-0.1, -0.05) is 18.2 Å². The van der Waals surface area contributed by atoms with Gasteiger partial charge in [-0.2, -0.15) is 10.1 Å². The van der Waals surface area contributed by atoms with E-state index in [4.69, 9.17) is 19.5 Å². The molecule has 3 aromatic rings. The van der Waals surface area contributed by atoms with Crippen LogP contribution >= 0.6 is 7.75 Å². The number of anilines is 1. The maximum Gasteiger partial charge on any atom is 0.459 e. The van der Waals surface area contributed by atoms with Crippen molar-refractivity contribution in [1.29, 1.82) is 0 Å². The van der Waals surface area contributed by atoms with Gasteiger partial charge in [0.25, 0.3) is 5.56 Å². The highest BCUT2D eigenvalue weighted by Crippen LogP contribution is 2.47. The van der Waals surface area contributed by atoms with Gasteiger partial charge in [0.05, 0.1) is 20.0 Å². The summed E-state index contributed by atoms with van der Waals surface area (Å²) in [5.41, 5.74) is 3.09. The lowest BCUT2D eigenvalue weighted by Crippen LogP contribution is -2.44. The van der Waals surface area contributed by atoms with E-state index in [1.165, 1.54) is 44.0 Å². The first-order valence-corrected chi connectivity index (χ1v) is 12.6. The van der Waals surface area contributed by atoms with Gasteiger partial charge in [-0.25, -0.2) is 9.55 Å². The summed E-state index contributed by atoms with van der Waals surface area (Å²) in [7, 11) is -3.06. The molecule has 200 valence electrons. The van der Waals surface area contributed by atoms with Crippen molar-refractivity contribution in [2.75, 3.05) is 19.5 Å². The number of aliphatic hydroxyl groups is 2. The molecular weight excluding hydrogens is 511 g/mol. The Morgan fingerprint density at radius 3 is 2.78 bits per heavy atom. The maximum absolute atomic E-state index is 13.6. The quantitative estimate of drug-likeness (QED) is 0.180. The van der Waals surface area contributed by atoms with Crippen molar-refractivity contribution in [1.82, 2.24) is 24.6 Å². The van der Waals surface area contributed by atoms with Crippen LogP contribution < -0.4 is 20.9 Å². The van der Waals surface area contributed by atoms with E-state index >= 15 is 0 Å². The molecule has 1 saturated heterocycles. The summed E-state index contributed by atoms with van der Waals surface area (Å²) in [4.78, 5) is 34.4. The molecule has 0 radical (unpaired) electrons. The third kappa shape index (κ3) is 5.37. The zero-order chi connectivity index (χ0) is 27.0. The van der Waals surface area contributed by atoms with Crippen molar-refractivity contribution in [2.45, 2.75) is 43.9 Å². The number of nitrogens with two attached hydrogens (primary N) is 1. The molecule has 2 unspecified atom stereocenters. The first kappa shape index (κ1) is 26.7. The number of carbonyl (C=O) groups is 1. The number of para-hydroxylation sites is 1. The highest BCUT2D eigenvalue weighted by Gasteiger charge is 2.54. The number of esters is 1. The summed E-state index contributed by atoms with van der Waals surface area (Å²) in [6, 6.07) is 7.02. The van der Waals surface area contributed by atoms with E-state index < -0.39 is 56.0 Å². The number of nitrogen functional groups attached to an aromatic ring is 1. The Morgan fingerprint density at radius 1 is 1.41 bits per heavy atom. The van der Waals surface area contributed by atoms with E-state index in [0.717, 1.165) is 0 Å². The molecular formula is C21H27N6O9P. The number of hydrogen-bond acceptors (Lipinski definition) is 12. The summed E-state index contributed by atoms with van der Waals surface area (Å²) in [6.07, 6.45) is -2.83. The summed E-state index contributed by atoms with van der Waals surface area (Å²) in [5, 5.41) is 24.4. The standard InChI is InChI=1S/C21H27N6O9P/c1-11(18(30)33-3)26-37(32,36-12-7-5-4-6-8-12)34-9-13-15(28)21(2,31)19(35-13)27-10-23-14-16(27)24-20(22)25-17(14)29/h4-8,10-11,13,15,19,28,31H,9H2,1-3H3,(H,26,32)(H3,22,24,25,29)/t11-,13+,15-,19+,21?,37?/m0/s1. The van der Waals surface area contributed by atoms with Crippen LogP contribution in [0.3, 0.4) is 0 Å². The van der Waals surface area contributed by atoms with Gasteiger partial charge >= 0.3 is 13.7 Å². The van der Waals surface area contributed by atoms with Gasteiger partial charge in [0.2, 0.25) is 5.95 Å². The molecule has 15 nitrogen and oxygen atoms in total. The molecule has 0 aliphatic carbocycles. The van der Waals surface area contributed by atoms with Crippen LogP contribution in [0.5, 0.6) is 5.75 Å². The maximum atomic E-state index is 13.6. The lowest BCUT2D eigenvalue weighted by Gasteiger charge is -2.27. The minimum atomic E-state index is -4.23. The summed E-state index contributed by atoms with van der Waals surface area (Å²) >= 11 is 0. The number of methoxy groups -OCH3 is 1. The molecule has 4 rings (SSSR count). The number of nitrogens with zero attached hydrogens (tertiary/aromatic N) is 3. The number of fused-ring (bicyclic) bond motifs is 1. The third-order valence-corrected chi connectivity index (χ3v) is 7.39. The molecule has 16 heteroatoms. The van der Waals surface area contributed by atoms with Crippen LogP contribution in [-0.4, -0.2) is 73.3 Å². The SMILES string of the molecule is COC(=O)[C@H](C)NP(=O)(OC[C@H]1O[C@@H](n2cnc3c(=O)[nH]c(N)nc32)C(C)(O)[C@H]1O)Oc1ccccc1. The van der Waals surface area contributed by atoms with Crippen LogP contribution in [0.2, 0.25) is 0 Å². The Labute approximate surface area is 210 Å². The molecule has 0 amide bonds. The lowest BCUT2D eigenvalue weighted by atomic mass is 9.96. The van der Waals surface area contributed by atoms with Gasteiger partial charge in [-0.15, -0.1) is 0 Å². The smallest absolute Gasteiger partial charge is 0.459 e. The topological polar surface area (TPSA) is 213 Å². The number of rotatable bonds is 9. The van der Waals surface area contributed by atoms with Gasteiger partial charge in [-0.3, -0.25) is 23.7 Å². The largest absolute Gasteiger partial charge is 0.468 e. The molecule has 0 spiro atoms. The number of aromatic amines is 1. The number of nitrogens with one attached hydrogen (secondary N) is 2. The summed E-state index contributed by atoms with van der Waals surface area (Å²) in [6.45, 7) is 2.19. The van der Waals surface area contributed by atoms with Gasteiger partial charge < -0.3 is 29.9 Å². The van der Waals surface area contributed by atoms with Gasteiger partial charge in [0.15, 0.2) is 17.4 Å². The van der Waals surface area contributed by atoms with Crippen LogP contribution in [0, 0.1) is 0 Å². The highest BCUT2D eigenvalue weighted by molar-refractivity contribution is 7.52. The number of ether oxygens (including phenoxy) is 2. The normalized spacial score (nSPS) is 26.0. The summed E-state index contributed by atoms with van der Waals surface area (Å²) in [5.74, 6) is -0.705. The lowest BCUT2D eigenvalue weighted by molar-refractivity contribution is -0.142. The fourth-order valence-electron chi connectivity index (χ4n) is 3.84. The van der Waals surface area contributed by atoms with E-state index in [1.807, 2.05) is 0 Å². The second kappa shape index (κ2) is 10.2. The van der Waals surface area contributed by atoms with Crippen LogP contribution in [0.1, 0.15) is 20.1 Å².